The predicted molar refractivity (Wildman–Crippen MR) is 118 cm³/mol. The normalized spacial score (nSPS) is 12.0. The van der Waals surface area contributed by atoms with Crippen LogP contribution in [-0.2, 0) is 6.67 Å². The van der Waals surface area contributed by atoms with Crippen LogP contribution < -0.4 is 5.32 Å². The Hall–Kier alpha value is -4.21. The van der Waals surface area contributed by atoms with Gasteiger partial charge in [0, 0.05) is 24.3 Å². The molecule has 0 saturated heterocycles. The van der Waals surface area contributed by atoms with Crippen molar-refractivity contribution in [2.24, 2.45) is 0 Å². The molecule has 0 radical (unpaired) electrons. The van der Waals surface area contributed by atoms with E-state index in [1.54, 1.807) is 26.1 Å². The number of carbonyl (C=O) groups excluding carboxylic acids is 1. The minimum Gasteiger partial charge on any atom is -0.344 e. The van der Waals surface area contributed by atoms with Crippen LogP contribution >= 0.6 is 0 Å². The third kappa shape index (κ3) is 4.15. The molecule has 0 saturated carbocycles. The molecular formula is C22H23N7O3. The van der Waals surface area contributed by atoms with Crippen LogP contribution in [0.15, 0.2) is 61.1 Å². The molecule has 4 aromatic rings. The van der Waals surface area contributed by atoms with Gasteiger partial charge in [-0.05, 0) is 56.7 Å². The Morgan fingerprint density at radius 2 is 1.88 bits per heavy atom. The van der Waals surface area contributed by atoms with Gasteiger partial charge in [0.2, 0.25) is 0 Å². The van der Waals surface area contributed by atoms with E-state index in [-0.39, 0.29) is 30.0 Å². The lowest BCUT2D eigenvalue weighted by molar-refractivity contribution is -0.386. The quantitative estimate of drug-likeness (QED) is 0.355. The highest BCUT2D eigenvalue weighted by Gasteiger charge is 2.22. The zero-order valence-electron chi connectivity index (χ0n) is 18.0. The lowest BCUT2D eigenvalue weighted by atomic mass is 10.1. The van der Waals surface area contributed by atoms with Crippen LogP contribution in [0.5, 0.6) is 0 Å². The molecule has 1 unspecified atom stereocenters. The van der Waals surface area contributed by atoms with E-state index in [4.69, 9.17) is 0 Å². The van der Waals surface area contributed by atoms with E-state index in [0.717, 1.165) is 11.3 Å². The van der Waals surface area contributed by atoms with Crippen molar-refractivity contribution in [1.82, 2.24) is 29.4 Å². The summed E-state index contributed by atoms with van der Waals surface area (Å²) in [6, 6.07) is 13.3. The predicted octanol–water partition coefficient (Wildman–Crippen LogP) is 3.39. The molecule has 0 aliphatic carbocycles. The Balaban J connectivity index is 1.45. The third-order valence-corrected chi connectivity index (χ3v) is 5.30. The summed E-state index contributed by atoms with van der Waals surface area (Å²) in [5, 5.41) is 22.7. The molecule has 0 aliphatic heterocycles. The van der Waals surface area contributed by atoms with E-state index < -0.39 is 4.92 Å². The molecule has 1 aromatic carbocycles. The number of amides is 1. The van der Waals surface area contributed by atoms with Crippen LogP contribution in [0.2, 0.25) is 0 Å². The summed E-state index contributed by atoms with van der Waals surface area (Å²) in [5.41, 5.74) is 3.01. The number of hydrogen-bond donors (Lipinski definition) is 1. The Labute approximate surface area is 184 Å². The molecule has 10 nitrogen and oxygen atoms in total. The van der Waals surface area contributed by atoms with Crippen LogP contribution in [0.25, 0.3) is 5.69 Å². The number of aryl methyl sites for hydroxylation is 1. The number of aromatic nitrogens is 5. The van der Waals surface area contributed by atoms with Gasteiger partial charge in [-0.25, -0.2) is 4.68 Å². The maximum absolute atomic E-state index is 12.7. The Morgan fingerprint density at radius 1 is 1.12 bits per heavy atom. The summed E-state index contributed by atoms with van der Waals surface area (Å²) in [7, 11) is 0. The second-order valence-electron chi connectivity index (χ2n) is 7.54. The van der Waals surface area contributed by atoms with Crippen molar-refractivity contribution < 1.29 is 9.72 Å². The third-order valence-electron chi connectivity index (χ3n) is 5.30. The molecule has 0 bridgehead atoms. The molecule has 10 heteroatoms. The summed E-state index contributed by atoms with van der Waals surface area (Å²) in [6.45, 7) is 5.32. The molecule has 0 aliphatic rings. The van der Waals surface area contributed by atoms with Gasteiger partial charge in [0.1, 0.15) is 23.8 Å². The fourth-order valence-corrected chi connectivity index (χ4v) is 3.60. The van der Waals surface area contributed by atoms with Crippen LogP contribution in [0.3, 0.4) is 0 Å². The van der Waals surface area contributed by atoms with Gasteiger partial charge < -0.3 is 9.88 Å². The van der Waals surface area contributed by atoms with Crippen molar-refractivity contribution in [2.75, 3.05) is 0 Å². The highest BCUT2D eigenvalue weighted by atomic mass is 16.6. The first-order valence-electron chi connectivity index (χ1n) is 10.1. The van der Waals surface area contributed by atoms with E-state index in [1.165, 1.54) is 9.36 Å². The molecule has 4 rings (SSSR count). The van der Waals surface area contributed by atoms with Crippen molar-refractivity contribution in [3.05, 3.63) is 93.8 Å². The number of carbonyl (C=O) groups is 1. The number of hydrogen-bond acceptors (Lipinski definition) is 5. The van der Waals surface area contributed by atoms with E-state index in [9.17, 15) is 14.9 Å². The lowest BCUT2D eigenvalue weighted by Gasteiger charge is -2.15. The van der Waals surface area contributed by atoms with Crippen LogP contribution in [0, 0.1) is 24.0 Å². The molecule has 0 fully saturated rings. The van der Waals surface area contributed by atoms with Gasteiger partial charge in [-0.15, -0.1) is 0 Å². The van der Waals surface area contributed by atoms with Crippen LogP contribution in [0.1, 0.15) is 40.4 Å². The summed E-state index contributed by atoms with van der Waals surface area (Å²) in [4.78, 5) is 23.5. The molecule has 0 spiro atoms. The van der Waals surface area contributed by atoms with Crippen molar-refractivity contribution in [2.45, 2.75) is 33.5 Å². The average Bonchev–Trinajstić information content (AvgIpc) is 3.50. The number of nitrogens with one attached hydrogen (secondary N) is 1. The maximum Gasteiger partial charge on any atom is 0.312 e. The average molecular weight is 433 g/mol. The monoisotopic (exact) mass is 433 g/mol. The minimum absolute atomic E-state index is 0.00825. The van der Waals surface area contributed by atoms with Gasteiger partial charge in [-0.2, -0.15) is 10.2 Å². The largest absolute Gasteiger partial charge is 0.344 e. The van der Waals surface area contributed by atoms with Crippen molar-refractivity contribution in [3.8, 4) is 5.69 Å². The first kappa shape index (κ1) is 21.0. The second-order valence-corrected chi connectivity index (χ2v) is 7.54. The Bertz CT molecular complexity index is 1270. The highest BCUT2D eigenvalue weighted by Crippen LogP contribution is 2.22. The summed E-state index contributed by atoms with van der Waals surface area (Å²) < 4.78 is 5.02. The van der Waals surface area contributed by atoms with Gasteiger partial charge in [0.05, 0.1) is 11.0 Å². The summed E-state index contributed by atoms with van der Waals surface area (Å²) in [6.07, 6.45) is 5.58. The van der Waals surface area contributed by atoms with Gasteiger partial charge in [0.25, 0.3) is 5.91 Å². The first-order valence-corrected chi connectivity index (χ1v) is 10.1. The van der Waals surface area contributed by atoms with Gasteiger partial charge in [-0.1, -0.05) is 12.1 Å². The van der Waals surface area contributed by atoms with E-state index in [1.807, 2.05) is 60.3 Å². The Morgan fingerprint density at radius 3 is 2.56 bits per heavy atom. The fourth-order valence-electron chi connectivity index (χ4n) is 3.60. The molecule has 32 heavy (non-hydrogen) atoms. The number of rotatable bonds is 7. The zero-order chi connectivity index (χ0) is 22.8. The van der Waals surface area contributed by atoms with Gasteiger partial charge in [0.15, 0.2) is 0 Å². The van der Waals surface area contributed by atoms with Gasteiger partial charge >= 0.3 is 5.69 Å². The fraction of sp³-hybridized carbons (Fsp3) is 0.227. The molecular weight excluding hydrogens is 410 g/mol. The Kier molecular flexibility index (Phi) is 5.59. The van der Waals surface area contributed by atoms with Crippen molar-refractivity contribution >= 4 is 11.6 Å². The van der Waals surface area contributed by atoms with E-state index in [2.05, 4.69) is 15.5 Å². The smallest absolute Gasteiger partial charge is 0.312 e. The summed E-state index contributed by atoms with van der Waals surface area (Å²) >= 11 is 0. The SMILES string of the molecule is Cc1nn(Cn2ccc(C(=O)NC(C)c3cccc(-n4cccc4)c3)n2)c(C)c1[N+](=O)[O-]. The first-order chi connectivity index (χ1) is 15.3. The lowest BCUT2D eigenvalue weighted by Crippen LogP contribution is -2.27. The second kappa shape index (κ2) is 8.50. The van der Waals surface area contributed by atoms with Crippen molar-refractivity contribution in [3.63, 3.8) is 0 Å². The maximum atomic E-state index is 12.7. The molecule has 164 valence electrons. The standard InChI is InChI=1S/C22H23N7O3/c1-15(18-7-6-8-19(13-18)26-10-4-5-11-26)23-22(30)20-9-12-27(25-20)14-28-17(3)21(29(31)32)16(2)24-28/h4-13,15H,14H2,1-3H3,(H,23,30). The molecule has 1 atom stereocenters. The molecule has 1 N–H and O–H groups in total. The van der Waals surface area contributed by atoms with Crippen LogP contribution in [-0.4, -0.2) is 35.0 Å². The topological polar surface area (TPSA) is 113 Å². The number of nitro groups is 1. The summed E-state index contributed by atoms with van der Waals surface area (Å²) in [5.74, 6) is -0.304. The molecule has 3 heterocycles. The number of benzene rings is 1. The highest BCUT2D eigenvalue weighted by molar-refractivity contribution is 5.92. The number of nitrogens with zero attached hydrogens (tertiary/aromatic N) is 6. The van der Waals surface area contributed by atoms with Gasteiger partial charge in [-0.3, -0.25) is 19.6 Å². The molecule has 3 aromatic heterocycles. The van der Waals surface area contributed by atoms with Crippen molar-refractivity contribution in [1.29, 1.82) is 0 Å². The zero-order valence-corrected chi connectivity index (χ0v) is 18.0. The van der Waals surface area contributed by atoms with E-state index >= 15 is 0 Å². The molecule has 1 amide bonds. The van der Waals surface area contributed by atoms with Crippen LogP contribution in [0.4, 0.5) is 5.69 Å². The minimum atomic E-state index is -0.442. The van der Waals surface area contributed by atoms with E-state index in [0.29, 0.717) is 11.4 Å².